The maximum absolute atomic E-state index is 14.1. The summed E-state index contributed by atoms with van der Waals surface area (Å²) >= 11 is 24.5. The van der Waals surface area contributed by atoms with Gasteiger partial charge in [-0.1, -0.05) is 94.9 Å². The molecule has 2 atom stereocenters. The third-order valence-corrected chi connectivity index (χ3v) is 15.2. The number of carbonyl (C=O) groups is 4. The normalized spacial score (nSPS) is 12.0. The lowest BCUT2D eigenvalue weighted by atomic mass is 9.92. The number of rotatable bonds is 12. The summed E-state index contributed by atoms with van der Waals surface area (Å²) in [5.41, 5.74) is 5.83. The molecule has 4 heterocycles. The number of aryl methyl sites for hydroxylation is 4. The topological polar surface area (TPSA) is 203 Å². The van der Waals surface area contributed by atoms with Crippen molar-refractivity contribution < 1.29 is 38.2 Å². The van der Waals surface area contributed by atoms with Crippen LogP contribution in [0.4, 0.5) is 8.78 Å². The van der Waals surface area contributed by atoms with Gasteiger partial charge in [0.1, 0.15) is 23.7 Å². The summed E-state index contributed by atoms with van der Waals surface area (Å²) in [6.07, 6.45) is 2.93. The zero-order valence-corrected chi connectivity index (χ0v) is 45.7. The first kappa shape index (κ1) is 56.2. The lowest BCUT2D eigenvalue weighted by Gasteiger charge is -2.18. The van der Waals surface area contributed by atoms with Gasteiger partial charge in [0.2, 0.25) is 0 Å². The Bertz CT molecular complexity index is 4050. The molecule has 0 unspecified atom stereocenters. The zero-order valence-electron chi connectivity index (χ0n) is 42.7. The summed E-state index contributed by atoms with van der Waals surface area (Å²) in [7, 11) is 3.26. The number of aliphatic carboxylic acids is 2. The van der Waals surface area contributed by atoms with Crippen LogP contribution in [0.3, 0.4) is 0 Å². The first-order chi connectivity index (χ1) is 38.2. The van der Waals surface area contributed by atoms with Gasteiger partial charge in [0.15, 0.2) is 0 Å². The molecule has 20 heteroatoms. The van der Waals surface area contributed by atoms with Crippen molar-refractivity contribution in [3.63, 3.8) is 0 Å². The van der Waals surface area contributed by atoms with E-state index in [4.69, 9.17) is 46.4 Å². The van der Waals surface area contributed by atoms with Gasteiger partial charge in [0.05, 0.1) is 64.4 Å². The minimum atomic E-state index is -1.32. The number of nitrogens with one attached hydrogen (secondary N) is 2. The molecular weight excluding hydrogens is 1110 g/mol. The zero-order chi connectivity index (χ0) is 57.4. The predicted molar refractivity (Wildman–Crippen MR) is 307 cm³/mol. The predicted octanol–water partition coefficient (Wildman–Crippen LogP) is 11.9. The number of carbonyl (C=O) groups excluding carboxylic acids is 2. The van der Waals surface area contributed by atoms with Crippen LogP contribution >= 0.6 is 46.4 Å². The maximum atomic E-state index is 14.1. The average molecular weight is 1160 g/mol. The van der Waals surface area contributed by atoms with Gasteiger partial charge in [0.25, 0.3) is 22.9 Å². The van der Waals surface area contributed by atoms with E-state index in [-0.39, 0.29) is 55.2 Å². The number of carboxylic acid groups (broad SMARTS) is 2. The highest BCUT2D eigenvalue weighted by atomic mass is 35.5. The Kier molecular flexibility index (Phi) is 16.2. The van der Waals surface area contributed by atoms with Crippen molar-refractivity contribution in [2.45, 2.75) is 38.8 Å². The van der Waals surface area contributed by atoms with Gasteiger partial charge in [-0.3, -0.25) is 29.1 Å². The van der Waals surface area contributed by atoms with E-state index in [1.54, 1.807) is 113 Å². The highest BCUT2D eigenvalue weighted by molar-refractivity contribution is 6.40. The molecule has 10 rings (SSSR count). The van der Waals surface area contributed by atoms with Crippen LogP contribution in [-0.2, 0) is 36.5 Å². The Hall–Kier alpha value is -8.54. The molecule has 404 valence electrons. The second-order valence-corrected chi connectivity index (χ2v) is 20.4. The first-order valence-corrected chi connectivity index (χ1v) is 25.9. The molecule has 2 amide bonds. The number of halogens is 6. The number of pyridine rings is 4. The Morgan fingerprint density at radius 2 is 0.887 bits per heavy atom. The smallest absolute Gasteiger partial charge is 0.326 e. The molecule has 0 saturated heterocycles. The van der Waals surface area contributed by atoms with Crippen LogP contribution < -0.4 is 21.8 Å². The molecule has 14 nitrogen and oxygen atoms in total. The van der Waals surface area contributed by atoms with Crippen LogP contribution in [0.1, 0.15) is 43.0 Å². The van der Waals surface area contributed by atoms with E-state index >= 15 is 0 Å². The van der Waals surface area contributed by atoms with Gasteiger partial charge in [-0.05, 0) is 120 Å². The first-order valence-electron chi connectivity index (χ1n) is 24.4. The second-order valence-electron chi connectivity index (χ2n) is 18.7. The van der Waals surface area contributed by atoms with Crippen molar-refractivity contribution in [1.29, 1.82) is 0 Å². The third-order valence-electron chi connectivity index (χ3n) is 13.9. The Morgan fingerprint density at radius 1 is 0.525 bits per heavy atom. The number of benzene rings is 6. The van der Waals surface area contributed by atoms with Crippen molar-refractivity contribution in [2.24, 2.45) is 14.1 Å². The molecule has 0 aliphatic rings. The highest BCUT2D eigenvalue weighted by Crippen LogP contribution is 2.36. The SMILES string of the molecule is Cc1c(-c2ccc(C[C@H](NC(=O)c3c(Cl)cccc3Cl)C(=O)O)c3ncccc23)c(=O)n(C)c2ccc(F)cc12.Cc1c(-c2ccc(C[C@H](NC(=O)c3c(Cl)cccc3Cl)C(=O)O)c3ncccc23)c(=O)n(C)c2ccc(F)cc12. The van der Waals surface area contributed by atoms with E-state index in [1.165, 1.54) is 57.7 Å². The minimum absolute atomic E-state index is 0.0190. The van der Waals surface area contributed by atoms with Crippen molar-refractivity contribution in [3.05, 3.63) is 220 Å². The Balaban J connectivity index is 0.000000194. The maximum Gasteiger partial charge on any atom is 0.326 e. The van der Waals surface area contributed by atoms with Gasteiger partial charge in [-0.25, -0.2) is 18.4 Å². The fourth-order valence-electron chi connectivity index (χ4n) is 9.94. The lowest BCUT2D eigenvalue weighted by molar-refractivity contribution is -0.140. The number of fused-ring (bicyclic) bond motifs is 4. The number of amides is 2. The number of hydrogen-bond acceptors (Lipinski definition) is 8. The molecule has 0 fully saturated rings. The van der Waals surface area contributed by atoms with Gasteiger partial charge < -0.3 is 30.0 Å². The molecule has 6 aromatic carbocycles. The Morgan fingerprint density at radius 3 is 1.24 bits per heavy atom. The van der Waals surface area contributed by atoms with Crippen LogP contribution in [0.5, 0.6) is 0 Å². The van der Waals surface area contributed by atoms with Crippen molar-refractivity contribution in [3.8, 4) is 22.3 Å². The average Bonchev–Trinajstić information content (AvgIpc) is 3.57. The summed E-state index contributed by atoms with van der Waals surface area (Å²) < 4.78 is 31.2. The highest BCUT2D eigenvalue weighted by Gasteiger charge is 2.28. The summed E-state index contributed by atoms with van der Waals surface area (Å²) in [6.45, 7) is 3.54. The van der Waals surface area contributed by atoms with Gasteiger partial charge in [-0.15, -0.1) is 0 Å². The summed E-state index contributed by atoms with van der Waals surface area (Å²) in [4.78, 5) is 86.1. The molecule has 4 N–H and O–H groups in total. The second kappa shape index (κ2) is 23.0. The van der Waals surface area contributed by atoms with Crippen LogP contribution in [0, 0.1) is 25.5 Å². The molecule has 0 aliphatic heterocycles. The van der Waals surface area contributed by atoms with Gasteiger partial charge in [-0.2, -0.15) is 0 Å². The van der Waals surface area contributed by atoms with Crippen molar-refractivity contribution >= 4 is 114 Å². The number of carboxylic acids is 2. The molecule has 0 radical (unpaired) electrons. The Labute approximate surface area is 473 Å². The van der Waals surface area contributed by atoms with E-state index in [1.807, 2.05) is 0 Å². The fourth-order valence-corrected chi connectivity index (χ4v) is 11.1. The van der Waals surface area contributed by atoms with E-state index in [0.717, 1.165) is 0 Å². The van der Waals surface area contributed by atoms with E-state index in [2.05, 4.69) is 20.6 Å². The number of aromatic nitrogens is 4. The fraction of sp³-hybridized carbons (Fsp3) is 0.133. The van der Waals surface area contributed by atoms with Crippen LogP contribution in [0.25, 0.3) is 65.9 Å². The molecule has 0 spiro atoms. The number of nitrogens with zero attached hydrogens (tertiary/aromatic N) is 4. The monoisotopic (exact) mass is 1150 g/mol. The van der Waals surface area contributed by atoms with E-state index in [0.29, 0.717) is 88.1 Å². The molecule has 0 bridgehead atoms. The molecule has 4 aromatic heterocycles. The van der Waals surface area contributed by atoms with E-state index in [9.17, 15) is 47.8 Å². The van der Waals surface area contributed by atoms with Crippen molar-refractivity contribution in [1.82, 2.24) is 29.7 Å². The van der Waals surface area contributed by atoms with Gasteiger partial charge in [0, 0.05) is 60.9 Å². The van der Waals surface area contributed by atoms with E-state index < -0.39 is 47.5 Å². The minimum Gasteiger partial charge on any atom is -0.480 e. The lowest BCUT2D eigenvalue weighted by Crippen LogP contribution is -2.42. The van der Waals surface area contributed by atoms with Crippen LogP contribution in [0.15, 0.2) is 143 Å². The molecule has 0 aliphatic carbocycles. The summed E-state index contributed by atoms with van der Waals surface area (Å²) in [5.74, 6) is -4.79. The van der Waals surface area contributed by atoms with Gasteiger partial charge >= 0.3 is 11.9 Å². The largest absolute Gasteiger partial charge is 0.480 e. The summed E-state index contributed by atoms with van der Waals surface area (Å²) in [6, 6.07) is 28.8. The number of hydrogen-bond donors (Lipinski definition) is 4. The quantitative estimate of drug-likeness (QED) is 0.0911. The van der Waals surface area contributed by atoms with Crippen LogP contribution in [-0.4, -0.2) is 65.2 Å². The molecular formula is C60H44Cl4F2N6O8. The van der Waals surface area contributed by atoms with Crippen LogP contribution in [0.2, 0.25) is 20.1 Å². The summed E-state index contributed by atoms with van der Waals surface area (Å²) in [5, 5.41) is 27.7. The third kappa shape index (κ3) is 10.8. The standard InChI is InChI=1S/2C30H22Cl2FN3O4/c2*1-15-20-14-17(33)9-11-24(20)36(2)29(38)25(15)18-10-8-16(27-19(18)5-4-12-34-27)13-23(30(39)40)35-28(37)26-21(31)6-3-7-22(26)32/h2*3-12,14,23H,13H2,1-2H3,(H,35,37)(H,39,40)/t2*23-/m00/s1. The molecule has 10 aromatic rings. The van der Waals surface area contributed by atoms with Crippen molar-refractivity contribution in [2.75, 3.05) is 0 Å². The molecule has 0 saturated carbocycles. The molecule has 80 heavy (non-hydrogen) atoms.